The first-order valence-electron chi connectivity index (χ1n) is 11.1. The van der Waals surface area contributed by atoms with Gasteiger partial charge in [0, 0.05) is 5.56 Å². The number of alkyl halides is 2. The first-order valence-corrected chi connectivity index (χ1v) is 11.1. The van der Waals surface area contributed by atoms with Gasteiger partial charge in [-0.1, -0.05) is 55.5 Å². The zero-order valence-corrected chi connectivity index (χ0v) is 19.0. The van der Waals surface area contributed by atoms with Crippen LogP contribution in [0.1, 0.15) is 42.6 Å². The smallest absolute Gasteiger partial charge is 0.306 e. The van der Waals surface area contributed by atoms with E-state index in [9.17, 15) is 23.8 Å². The van der Waals surface area contributed by atoms with Crippen LogP contribution in [0.3, 0.4) is 0 Å². The van der Waals surface area contributed by atoms with E-state index >= 15 is 0 Å². The fourth-order valence-electron chi connectivity index (χ4n) is 3.71. The summed E-state index contributed by atoms with van der Waals surface area (Å²) in [5, 5.41) is 22.6. The molecule has 3 aromatic carbocycles. The van der Waals surface area contributed by atoms with Crippen LogP contribution in [-0.4, -0.2) is 23.2 Å². The van der Waals surface area contributed by atoms with E-state index in [0.717, 1.165) is 18.4 Å². The molecule has 0 fully saturated rings. The predicted octanol–water partition coefficient (Wildman–Crippen LogP) is 5.82. The number of carbonyl (C=O) groups is 1. The third-order valence-corrected chi connectivity index (χ3v) is 5.68. The zero-order valence-electron chi connectivity index (χ0n) is 19.0. The number of hydrogen-bond acceptors (Lipinski definition) is 4. The molecular formula is C27H29F2NO4. The first kappa shape index (κ1) is 25.2. The highest BCUT2D eigenvalue weighted by molar-refractivity contribution is 5.75. The number of nitrogens with one attached hydrogen (secondary N) is 1. The van der Waals surface area contributed by atoms with Crippen molar-refractivity contribution >= 4 is 12.1 Å². The summed E-state index contributed by atoms with van der Waals surface area (Å²) in [7, 11) is 0. The number of aliphatic hydroxyl groups excluding tert-OH is 1. The van der Waals surface area contributed by atoms with E-state index in [2.05, 4.69) is 12.2 Å². The fourth-order valence-corrected chi connectivity index (χ4v) is 3.71. The van der Waals surface area contributed by atoms with Crippen LogP contribution in [0.25, 0.3) is 0 Å². The Balaban J connectivity index is 1.47. The minimum absolute atomic E-state index is 0.0624. The molecular weight excluding hydrogens is 440 g/mol. The third kappa shape index (κ3) is 7.02. The molecule has 0 heterocycles. The number of carbonyl (C=O) groups excluding carboxylic acids is 1. The number of anilines is 1. The molecule has 0 aliphatic heterocycles. The molecule has 7 heteroatoms. The van der Waals surface area contributed by atoms with Gasteiger partial charge in [0.05, 0.1) is 11.8 Å². The number of aromatic hydroxyl groups is 1. The summed E-state index contributed by atoms with van der Waals surface area (Å²) in [5.74, 6) is -2.48. The lowest BCUT2D eigenvalue weighted by atomic mass is 9.93. The van der Waals surface area contributed by atoms with Gasteiger partial charge < -0.3 is 20.3 Å². The van der Waals surface area contributed by atoms with Crippen LogP contribution in [0.15, 0.2) is 72.8 Å². The summed E-state index contributed by atoms with van der Waals surface area (Å²) in [6.45, 7) is 1.35. The molecule has 5 nitrogen and oxygen atoms in total. The van der Waals surface area contributed by atoms with Gasteiger partial charge in [0.25, 0.3) is 0 Å². The molecule has 3 aromatic rings. The topological polar surface area (TPSA) is 78.8 Å². The van der Waals surface area contributed by atoms with Gasteiger partial charge in [0.1, 0.15) is 11.5 Å². The second-order valence-electron chi connectivity index (χ2n) is 8.44. The molecule has 3 N–H and O–H groups in total. The SMILES string of the molecule is CC(CCC(O)c1ccc(O)c(NC=O)c1)Cc1ccc(OCC(F)(F)c2ccccc2)cc1. The molecule has 180 valence electrons. The van der Waals surface area contributed by atoms with E-state index in [1.165, 1.54) is 18.2 Å². The van der Waals surface area contributed by atoms with Gasteiger partial charge in [-0.15, -0.1) is 0 Å². The van der Waals surface area contributed by atoms with E-state index in [1.807, 2.05) is 12.1 Å². The van der Waals surface area contributed by atoms with Crippen LogP contribution in [0.2, 0.25) is 0 Å². The van der Waals surface area contributed by atoms with Crippen molar-refractivity contribution in [1.82, 2.24) is 0 Å². The second-order valence-corrected chi connectivity index (χ2v) is 8.44. The second kappa shape index (κ2) is 11.6. The Morgan fingerprint density at radius 2 is 1.74 bits per heavy atom. The minimum atomic E-state index is -3.07. The molecule has 2 atom stereocenters. The molecule has 0 spiro atoms. The van der Waals surface area contributed by atoms with E-state index in [0.29, 0.717) is 24.1 Å². The number of aliphatic hydroxyl groups is 1. The molecule has 0 aliphatic rings. The molecule has 1 amide bonds. The number of ether oxygens (including phenoxy) is 1. The Kier molecular flexibility index (Phi) is 8.60. The van der Waals surface area contributed by atoms with Gasteiger partial charge in [0.2, 0.25) is 6.41 Å². The van der Waals surface area contributed by atoms with Gasteiger partial charge in [-0.2, -0.15) is 8.78 Å². The van der Waals surface area contributed by atoms with Crippen molar-refractivity contribution in [1.29, 1.82) is 0 Å². The summed E-state index contributed by atoms with van der Waals surface area (Å²) >= 11 is 0. The van der Waals surface area contributed by atoms with E-state index in [1.54, 1.807) is 42.5 Å². The molecule has 0 radical (unpaired) electrons. The number of halogens is 2. The van der Waals surface area contributed by atoms with E-state index in [-0.39, 0.29) is 22.9 Å². The number of benzene rings is 3. The Hall–Kier alpha value is -3.45. The monoisotopic (exact) mass is 469 g/mol. The van der Waals surface area contributed by atoms with Gasteiger partial charge in [-0.25, -0.2) is 0 Å². The fraction of sp³-hybridized carbons (Fsp3) is 0.296. The van der Waals surface area contributed by atoms with Gasteiger partial charge >= 0.3 is 5.92 Å². The van der Waals surface area contributed by atoms with Crippen molar-refractivity contribution in [3.63, 3.8) is 0 Å². The van der Waals surface area contributed by atoms with Crippen LogP contribution in [0.4, 0.5) is 14.5 Å². The third-order valence-electron chi connectivity index (χ3n) is 5.68. The minimum Gasteiger partial charge on any atom is -0.506 e. The largest absolute Gasteiger partial charge is 0.506 e. The highest BCUT2D eigenvalue weighted by Gasteiger charge is 2.32. The lowest BCUT2D eigenvalue weighted by molar-refractivity contribution is -0.105. The molecule has 0 aromatic heterocycles. The highest BCUT2D eigenvalue weighted by Crippen LogP contribution is 2.31. The molecule has 0 aliphatic carbocycles. The maximum absolute atomic E-state index is 14.3. The summed E-state index contributed by atoms with van der Waals surface area (Å²) in [5.41, 5.74) is 1.84. The van der Waals surface area contributed by atoms with Gasteiger partial charge in [-0.3, -0.25) is 4.79 Å². The molecule has 0 saturated heterocycles. The highest BCUT2D eigenvalue weighted by atomic mass is 19.3. The average molecular weight is 470 g/mol. The lowest BCUT2D eigenvalue weighted by Gasteiger charge is -2.18. The van der Waals surface area contributed by atoms with E-state index in [4.69, 9.17) is 4.74 Å². The molecule has 0 bridgehead atoms. The Bertz CT molecular complexity index is 1060. The summed E-state index contributed by atoms with van der Waals surface area (Å²) < 4.78 is 33.9. The van der Waals surface area contributed by atoms with Crippen molar-refractivity contribution < 1.29 is 28.5 Å². The summed E-state index contributed by atoms with van der Waals surface area (Å²) in [6, 6.07) is 19.3. The average Bonchev–Trinajstić information content (AvgIpc) is 2.84. The van der Waals surface area contributed by atoms with Gasteiger partial charge in [-0.05, 0) is 60.6 Å². The summed E-state index contributed by atoms with van der Waals surface area (Å²) in [6.07, 6.45) is 1.78. The lowest BCUT2D eigenvalue weighted by Crippen LogP contribution is -2.23. The van der Waals surface area contributed by atoms with Crippen molar-refractivity contribution in [2.45, 2.75) is 38.2 Å². The molecule has 2 unspecified atom stereocenters. The standard InChI is InChI=1S/C27H29F2NO4/c1-19(7-13-25(32)21-10-14-26(33)24(16-21)30-18-31)15-20-8-11-23(12-9-20)34-17-27(28,29)22-5-3-2-4-6-22/h2-6,8-12,14,16,18-19,25,32-33H,7,13,15,17H2,1H3,(H,30,31). The Morgan fingerprint density at radius 3 is 2.41 bits per heavy atom. The number of rotatable bonds is 12. The van der Waals surface area contributed by atoms with Crippen molar-refractivity contribution in [2.24, 2.45) is 5.92 Å². The predicted molar refractivity (Wildman–Crippen MR) is 127 cm³/mol. The van der Waals surface area contributed by atoms with Gasteiger partial charge in [0.15, 0.2) is 6.61 Å². The molecule has 34 heavy (non-hydrogen) atoms. The van der Waals surface area contributed by atoms with Crippen molar-refractivity contribution in [3.05, 3.63) is 89.5 Å². The van der Waals surface area contributed by atoms with Crippen LogP contribution >= 0.6 is 0 Å². The van der Waals surface area contributed by atoms with Crippen LogP contribution in [0, 0.1) is 5.92 Å². The van der Waals surface area contributed by atoms with E-state index < -0.39 is 18.6 Å². The number of amides is 1. The molecule has 0 saturated carbocycles. The normalized spacial score (nSPS) is 13.2. The number of phenols is 1. The number of phenolic OH excluding ortho intramolecular Hbond substituents is 1. The van der Waals surface area contributed by atoms with Crippen molar-refractivity contribution in [3.8, 4) is 11.5 Å². The summed E-state index contributed by atoms with van der Waals surface area (Å²) in [4.78, 5) is 10.6. The first-order chi connectivity index (χ1) is 16.3. The van der Waals surface area contributed by atoms with Crippen LogP contribution in [0.5, 0.6) is 11.5 Å². The van der Waals surface area contributed by atoms with Crippen LogP contribution < -0.4 is 10.1 Å². The maximum atomic E-state index is 14.3. The quantitative estimate of drug-likeness (QED) is 0.231. The van der Waals surface area contributed by atoms with Crippen molar-refractivity contribution in [2.75, 3.05) is 11.9 Å². The molecule has 3 rings (SSSR count). The number of hydrogen-bond donors (Lipinski definition) is 3. The Labute approximate surface area is 198 Å². The zero-order chi connectivity index (χ0) is 24.6. The van der Waals surface area contributed by atoms with Crippen LogP contribution in [-0.2, 0) is 17.1 Å². The maximum Gasteiger partial charge on any atom is 0.306 e. The Morgan fingerprint density at radius 1 is 1.03 bits per heavy atom.